The third kappa shape index (κ3) is 4.89. The minimum Gasteiger partial charge on any atom is -0.398 e. The lowest BCUT2D eigenvalue weighted by Gasteiger charge is -2.09. The van der Waals surface area contributed by atoms with Crippen molar-refractivity contribution in [2.75, 3.05) is 12.0 Å². The van der Waals surface area contributed by atoms with E-state index in [1.807, 2.05) is 36.6 Å². The van der Waals surface area contributed by atoms with Crippen molar-refractivity contribution in [2.45, 2.75) is 17.9 Å². The average molecular weight is 431 g/mol. The number of carbonyl (C=O) groups excluding carboxylic acids is 1. The van der Waals surface area contributed by atoms with Gasteiger partial charge >= 0.3 is 0 Å². The van der Waals surface area contributed by atoms with Gasteiger partial charge in [-0.3, -0.25) is 4.79 Å². The van der Waals surface area contributed by atoms with Gasteiger partial charge in [0.2, 0.25) is 5.91 Å². The second-order valence-electron chi connectivity index (χ2n) is 7.38. The number of hydrogen-bond donors (Lipinski definition) is 2. The Balaban J connectivity index is 1.55. The molecule has 0 aromatic heterocycles. The lowest BCUT2D eigenvalue weighted by Crippen LogP contribution is -2.23. The number of nitrogens with one attached hydrogen (secondary N) is 1. The molecule has 3 N–H and O–H groups in total. The number of halogens is 1. The van der Waals surface area contributed by atoms with E-state index in [4.69, 9.17) is 5.73 Å². The third-order valence-electron chi connectivity index (χ3n) is 5.29. The molecule has 1 aliphatic carbocycles. The van der Waals surface area contributed by atoms with Gasteiger partial charge in [-0.25, -0.2) is 4.39 Å². The third-order valence-corrected chi connectivity index (χ3v) is 6.03. The molecule has 0 unspecified atom stereocenters. The summed E-state index contributed by atoms with van der Waals surface area (Å²) in [5, 5.41) is 2.91. The molecule has 0 saturated heterocycles. The highest BCUT2D eigenvalue weighted by Gasteiger charge is 2.21. The summed E-state index contributed by atoms with van der Waals surface area (Å²) in [5.41, 5.74) is 12.0. The van der Waals surface area contributed by atoms with Gasteiger partial charge in [0.15, 0.2) is 0 Å². The molecule has 0 radical (unpaired) electrons. The molecule has 3 aromatic carbocycles. The number of carbonyl (C=O) groups is 1. The molecule has 0 fully saturated rings. The molecule has 5 heteroatoms. The van der Waals surface area contributed by atoms with Crippen LogP contribution in [0.2, 0.25) is 0 Å². The van der Waals surface area contributed by atoms with Crippen molar-refractivity contribution in [2.24, 2.45) is 0 Å². The predicted molar refractivity (Wildman–Crippen MR) is 128 cm³/mol. The van der Waals surface area contributed by atoms with Gasteiger partial charge in [0.05, 0.1) is 6.42 Å². The van der Waals surface area contributed by atoms with Crippen molar-refractivity contribution in [3.8, 4) is 0 Å². The summed E-state index contributed by atoms with van der Waals surface area (Å²) in [6, 6.07) is 20.4. The Morgan fingerprint density at radius 3 is 2.58 bits per heavy atom. The van der Waals surface area contributed by atoms with E-state index in [1.54, 1.807) is 17.8 Å². The Morgan fingerprint density at radius 2 is 1.84 bits per heavy atom. The SMILES string of the molecule is CSc1ccc(C=C2C=C(CC(=O)NCc3ccccc3N)c3cc(F)ccc32)cc1. The van der Waals surface area contributed by atoms with Crippen molar-refractivity contribution in [3.05, 3.63) is 101 Å². The molecule has 1 aliphatic rings. The number of hydrogen-bond acceptors (Lipinski definition) is 3. The molecule has 0 atom stereocenters. The first-order chi connectivity index (χ1) is 15.0. The van der Waals surface area contributed by atoms with Crippen LogP contribution in [0.3, 0.4) is 0 Å². The van der Waals surface area contributed by atoms with Crippen molar-refractivity contribution >= 4 is 40.6 Å². The summed E-state index contributed by atoms with van der Waals surface area (Å²) < 4.78 is 14.0. The van der Waals surface area contributed by atoms with Crippen molar-refractivity contribution in [1.82, 2.24) is 5.32 Å². The zero-order valence-corrected chi connectivity index (χ0v) is 18.0. The molecular weight excluding hydrogens is 407 g/mol. The van der Waals surface area contributed by atoms with E-state index < -0.39 is 0 Å². The first-order valence-electron chi connectivity index (χ1n) is 10.00. The summed E-state index contributed by atoms with van der Waals surface area (Å²) in [5.74, 6) is -0.442. The fourth-order valence-corrected chi connectivity index (χ4v) is 4.06. The number of para-hydroxylation sites is 1. The molecule has 0 heterocycles. The van der Waals surface area contributed by atoms with Crippen LogP contribution in [0.25, 0.3) is 17.2 Å². The van der Waals surface area contributed by atoms with Crippen LogP contribution in [-0.2, 0) is 11.3 Å². The van der Waals surface area contributed by atoms with Gasteiger partial charge in [0.1, 0.15) is 5.82 Å². The number of thioether (sulfide) groups is 1. The van der Waals surface area contributed by atoms with E-state index in [2.05, 4.69) is 35.7 Å². The van der Waals surface area contributed by atoms with E-state index in [9.17, 15) is 9.18 Å². The number of anilines is 1. The molecule has 3 nitrogen and oxygen atoms in total. The van der Waals surface area contributed by atoms with Gasteiger partial charge in [0, 0.05) is 17.1 Å². The monoisotopic (exact) mass is 430 g/mol. The lowest BCUT2D eigenvalue weighted by atomic mass is 10.0. The molecule has 3 aromatic rings. The largest absolute Gasteiger partial charge is 0.398 e. The van der Waals surface area contributed by atoms with Gasteiger partial charge in [-0.1, -0.05) is 36.4 Å². The zero-order chi connectivity index (χ0) is 21.8. The van der Waals surface area contributed by atoms with Gasteiger partial charge in [-0.15, -0.1) is 11.8 Å². The number of benzene rings is 3. The van der Waals surface area contributed by atoms with Crippen LogP contribution in [0.15, 0.2) is 77.7 Å². The minimum atomic E-state index is -0.312. The second kappa shape index (κ2) is 9.23. The summed E-state index contributed by atoms with van der Waals surface area (Å²) in [4.78, 5) is 13.8. The molecular formula is C26H23FN2OS. The zero-order valence-electron chi connectivity index (χ0n) is 17.2. The van der Waals surface area contributed by atoms with Crippen LogP contribution in [0.1, 0.15) is 28.7 Å². The maximum absolute atomic E-state index is 14.0. The van der Waals surface area contributed by atoms with Gasteiger partial charge in [-0.05, 0) is 82.1 Å². The maximum Gasteiger partial charge on any atom is 0.224 e. The standard InChI is InChI=1S/C26H23FN2OS/c1-31-22-9-6-17(7-10-22)12-19-13-20(24-15-21(27)8-11-23(19)24)14-26(30)29-16-18-4-2-3-5-25(18)28/h2-13,15H,14,16,28H2,1H3,(H,29,30). The summed E-state index contributed by atoms with van der Waals surface area (Å²) >= 11 is 1.69. The first kappa shape index (κ1) is 20.9. The van der Waals surface area contributed by atoms with E-state index >= 15 is 0 Å². The smallest absolute Gasteiger partial charge is 0.224 e. The molecule has 0 saturated carbocycles. The summed E-state index contributed by atoms with van der Waals surface area (Å²) in [7, 11) is 0. The van der Waals surface area contributed by atoms with Crippen molar-refractivity contribution in [3.63, 3.8) is 0 Å². The Morgan fingerprint density at radius 1 is 1.06 bits per heavy atom. The second-order valence-corrected chi connectivity index (χ2v) is 8.26. The van der Waals surface area contributed by atoms with E-state index in [0.29, 0.717) is 12.2 Å². The quantitative estimate of drug-likeness (QED) is 0.385. The van der Waals surface area contributed by atoms with Crippen molar-refractivity contribution < 1.29 is 9.18 Å². The number of amides is 1. The van der Waals surface area contributed by atoms with Crippen LogP contribution in [0.4, 0.5) is 10.1 Å². The Labute approximate surface area is 185 Å². The molecule has 4 rings (SSSR count). The summed E-state index contributed by atoms with van der Waals surface area (Å²) in [6.07, 6.45) is 6.26. The molecule has 31 heavy (non-hydrogen) atoms. The van der Waals surface area contributed by atoms with Crippen LogP contribution in [0.5, 0.6) is 0 Å². The highest BCUT2D eigenvalue weighted by Crippen LogP contribution is 2.38. The highest BCUT2D eigenvalue weighted by atomic mass is 32.2. The lowest BCUT2D eigenvalue weighted by molar-refractivity contribution is -0.120. The number of allylic oxidation sites excluding steroid dienone is 2. The fraction of sp³-hybridized carbons (Fsp3) is 0.115. The highest BCUT2D eigenvalue weighted by molar-refractivity contribution is 7.98. The van der Waals surface area contributed by atoms with Crippen LogP contribution < -0.4 is 11.1 Å². The minimum absolute atomic E-state index is 0.129. The molecule has 0 spiro atoms. The average Bonchev–Trinajstić information content (AvgIpc) is 3.09. The van der Waals surface area contributed by atoms with Crippen LogP contribution in [-0.4, -0.2) is 12.2 Å². The Bertz CT molecular complexity index is 1180. The Hall–Kier alpha value is -3.31. The summed E-state index contributed by atoms with van der Waals surface area (Å²) in [6.45, 7) is 0.360. The topological polar surface area (TPSA) is 55.1 Å². The number of nitrogens with two attached hydrogens (primary N) is 1. The number of rotatable bonds is 6. The normalized spacial score (nSPS) is 13.7. The maximum atomic E-state index is 14.0. The van der Waals surface area contributed by atoms with Crippen LogP contribution >= 0.6 is 11.8 Å². The Kier molecular flexibility index (Phi) is 6.23. The predicted octanol–water partition coefficient (Wildman–Crippen LogP) is 5.77. The molecule has 156 valence electrons. The molecule has 1 amide bonds. The van der Waals surface area contributed by atoms with Crippen LogP contribution in [0, 0.1) is 5.82 Å². The van der Waals surface area contributed by atoms with E-state index in [1.165, 1.54) is 17.0 Å². The van der Waals surface area contributed by atoms with Crippen molar-refractivity contribution in [1.29, 1.82) is 0 Å². The molecule has 0 bridgehead atoms. The first-order valence-corrected chi connectivity index (χ1v) is 11.2. The van der Waals surface area contributed by atoms with Gasteiger partial charge in [0.25, 0.3) is 0 Å². The van der Waals surface area contributed by atoms with E-state index in [0.717, 1.165) is 33.4 Å². The van der Waals surface area contributed by atoms with Gasteiger partial charge < -0.3 is 11.1 Å². The molecule has 0 aliphatic heterocycles. The number of fused-ring (bicyclic) bond motifs is 1. The number of nitrogen functional groups attached to an aromatic ring is 1. The van der Waals surface area contributed by atoms with Gasteiger partial charge in [-0.2, -0.15) is 0 Å². The fourth-order valence-electron chi connectivity index (χ4n) is 3.65. The van der Waals surface area contributed by atoms with E-state index in [-0.39, 0.29) is 18.1 Å².